The van der Waals surface area contributed by atoms with Gasteiger partial charge in [0.1, 0.15) is 11.7 Å². The minimum atomic E-state index is -4.90. The van der Waals surface area contributed by atoms with Crippen LogP contribution in [0.25, 0.3) is 11.1 Å². The van der Waals surface area contributed by atoms with E-state index in [1.807, 2.05) is 0 Å². The molecule has 0 aliphatic carbocycles. The fourth-order valence-electron chi connectivity index (χ4n) is 2.73. The SMILES string of the molecule is COC(=O)[C@@H](N)Cc1ccc(-c2c(C(F)(F)F)n(C)c(=O)n(C)c2=O)cc1. The van der Waals surface area contributed by atoms with Gasteiger partial charge in [0.25, 0.3) is 5.56 Å². The van der Waals surface area contributed by atoms with Gasteiger partial charge in [-0.25, -0.2) is 4.79 Å². The second-order valence-corrected chi connectivity index (χ2v) is 5.96. The summed E-state index contributed by atoms with van der Waals surface area (Å²) in [5.41, 5.74) is 2.15. The van der Waals surface area contributed by atoms with Crippen molar-refractivity contribution >= 4 is 5.97 Å². The smallest absolute Gasteiger partial charge is 0.432 e. The molecular weight excluding hydrogens is 367 g/mol. The van der Waals surface area contributed by atoms with Crippen LogP contribution in [0, 0.1) is 0 Å². The number of benzene rings is 1. The Hall–Kier alpha value is -2.88. The summed E-state index contributed by atoms with van der Waals surface area (Å²) in [6.45, 7) is 0. The van der Waals surface area contributed by atoms with Gasteiger partial charge in [-0.15, -0.1) is 0 Å². The zero-order valence-corrected chi connectivity index (χ0v) is 14.8. The van der Waals surface area contributed by atoms with E-state index in [1.165, 1.54) is 31.4 Å². The molecule has 2 aromatic rings. The lowest BCUT2D eigenvalue weighted by Gasteiger charge is -2.17. The molecule has 2 N–H and O–H groups in total. The summed E-state index contributed by atoms with van der Waals surface area (Å²) in [6, 6.07) is 4.63. The lowest BCUT2D eigenvalue weighted by molar-refractivity contribution is -0.143. The predicted molar refractivity (Wildman–Crippen MR) is 91.1 cm³/mol. The molecule has 2 rings (SSSR count). The first-order valence-corrected chi connectivity index (χ1v) is 7.79. The van der Waals surface area contributed by atoms with Crippen molar-refractivity contribution in [2.75, 3.05) is 7.11 Å². The average Bonchev–Trinajstić information content (AvgIpc) is 2.61. The third-order valence-electron chi connectivity index (χ3n) is 4.14. The van der Waals surface area contributed by atoms with Gasteiger partial charge < -0.3 is 10.5 Å². The molecule has 1 heterocycles. The molecule has 0 amide bonds. The van der Waals surface area contributed by atoms with E-state index in [4.69, 9.17) is 5.73 Å². The molecular formula is C17H18F3N3O4. The molecule has 0 fully saturated rings. The first kappa shape index (κ1) is 20.4. The van der Waals surface area contributed by atoms with Gasteiger partial charge >= 0.3 is 17.8 Å². The van der Waals surface area contributed by atoms with Crippen molar-refractivity contribution in [2.24, 2.45) is 19.8 Å². The number of esters is 1. The number of rotatable bonds is 4. The summed E-state index contributed by atoms with van der Waals surface area (Å²) in [6.07, 6.45) is -4.78. The van der Waals surface area contributed by atoms with Crippen LogP contribution in [-0.4, -0.2) is 28.3 Å². The number of aromatic nitrogens is 2. The molecule has 0 aliphatic heterocycles. The third-order valence-corrected chi connectivity index (χ3v) is 4.14. The monoisotopic (exact) mass is 385 g/mol. The number of nitrogens with two attached hydrogens (primary N) is 1. The van der Waals surface area contributed by atoms with E-state index < -0.39 is 40.7 Å². The Kier molecular flexibility index (Phi) is 5.59. The van der Waals surface area contributed by atoms with Crippen LogP contribution >= 0.6 is 0 Å². The number of halogens is 3. The quantitative estimate of drug-likeness (QED) is 0.786. The maximum absolute atomic E-state index is 13.5. The highest BCUT2D eigenvalue weighted by atomic mass is 19.4. The fraction of sp³-hybridized carbons (Fsp3) is 0.353. The Balaban J connectivity index is 2.58. The predicted octanol–water partition coefficient (Wildman–Crippen LogP) is 0.813. The number of carbonyl (C=O) groups excluding carboxylic acids is 1. The summed E-state index contributed by atoms with van der Waals surface area (Å²) < 4.78 is 46.0. The van der Waals surface area contributed by atoms with E-state index in [-0.39, 0.29) is 12.0 Å². The molecule has 10 heteroatoms. The maximum Gasteiger partial charge on any atom is 0.432 e. The van der Waals surface area contributed by atoms with Crippen LogP contribution in [0.3, 0.4) is 0 Å². The van der Waals surface area contributed by atoms with Crippen molar-refractivity contribution in [1.82, 2.24) is 9.13 Å². The average molecular weight is 385 g/mol. The largest absolute Gasteiger partial charge is 0.468 e. The summed E-state index contributed by atoms with van der Waals surface area (Å²) >= 11 is 0. The highest BCUT2D eigenvalue weighted by Gasteiger charge is 2.39. The van der Waals surface area contributed by atoms with Gasteiger partial charge in [0.05, 0.1) is 12.7 Å². The van der Waals surface area contributed by atoms with Gasteiger partial charge in [-0.05, 0) is 17.5 Å². The second-order valence-electron chi connectivity index (χ2n) is 5.96. The number of nitrogens with zero attached hydrogens (tertiary/aromatic N) is 2. The zero-order chi connectivity index (χ0) is 20.5. The molecule has 0 saturated heterocycles. The van der Waals surface area contributed by atoms with Crippen molar-refractivity contribution in [2.45, 2.75) is 18.6 Å². The Labute approximate surface area is 151 Å². The van der Waals surface area contributed by atoms with Crippen LogP contribution in [0.1, 0.15) is 11.3 Å². The molecule has 0 bridgehead atoms. The molecule has 1 aromatic heterocycles. The third kappa shape index (κ3) is 3.95. The van der Waals surface area contributed by atoms with E-state index in [2.05, 4.69) is 4.74 Å². The normalized spacial score (nSPS) is 12.7. The van der Waals surface area contributed by atoms with Gasteiger partial charge in [0, 0.05) is 14.1 Å². The van der Waals surface area contributed by atoms with Gasteiger partial charge in [-0.1, -0.05) is 24.3 Å². The minimum absolute atomic E-state index is 0.00563. The Morgan fingerprint density at radius 2 is 1.70 bits per heavy atom. The molecule has 0 aliphatic rings. The molecule has 1 aromatic carbocycles. The number of ether oxygens (including phenoxy) is 1. The van der Waals surface area contributed by atoms with Gasteiger partial charge in [-0.2, -0.15) is 13.2 Å². The van der Waals surface area contributed by atoms with Gasteiger partial charge in [0.15, 0.2) is 0 Å². The van der Waals surface area contributed by atoms with Crippen LogP contribution in [-0.2, 0) is 36.2 Å². The van der Waals surface area contributed by atoms with Crippen molar-refractivity contribution < 1.29 is 22.7 Å². The van der Waals surface area contributed by atoms with Crippen LogP contribution < -0.4 is 17.0 Å². The van der Waals surface area contributed by atoms with Crippen molar-refractivity contribution in [3.63, 3.8) is 0 Å². The minimum Gasteiger partial charge on any atom is -0.468 e. The Morgan fingerprint density at radius 1 is 1.15 bits per heavy atom. The summed E-state index contributed by atoms with van der Waals surface area (Å²) in [7, 11) is 3.26. The number of carbonyl (C=O) groups is 1. The Bertz CT molecular complexity index is 975. The van der Waals surface area contributed by atoms with E-state index in [0.29, 0.717) is 14.7 Å². The van der Waals surface area contributed by atoms with Crippen LogP contribution in [0.2, 0.25) is 0 Å². The Morgan fingerprint density at radius 3 is 2.19 bits per heavy atom. The van der Waals surface area contributed by atoms with Crippen LogP contribution in [0.4, 0.5) is 13.2 Å². The van der Waals surface area contributed by atoms with Crippen molar-refractivity contribution in [3.05, 3.63) is 56.4 Å². The van der Waals surface area contributed by atoms with Gasteiger partial charge in [-0.3, -0.25) is 18.7 Å². The first-order valence-electron chi connectivity index (χ1n) is 7.79. The molecule has 1 atom stereocenters. The molecule has 7 nitrogen and oxygen atoms in total. The molecule has 0 radical (unpaired) electrons. The molecule has 146 valence electrons. The number of hydrogen-bond donors (Lipinski definition) is 1. The second kappa shape index (κ2) is 7.39. The van der Waals surface area contributed by atoms with Gasteiger partial charge in [0.2, 0.25) is 0 Å². The van der Waals surface area contributed by atoms with E-state index in [1.54, 1.807) is 0 Å². The fourth-order valence-corrected chi connectivity index (χ4v) is 2.73. The highest BCUT2D eigenvalue weighted by Crippen LogP contribution is 2.34. The van der Waals surface area contributed by atoms with E-state index in [0.717, 1.165) is 14.1 Å². The van der Waals surface area contributed by atoms with Crippen LogP contribution in [0.15, 0.2) is 33.9 Å². The zero-order valence-electron chi connectivity index (χ0n) is 14.8. The summed E-state index contributed by atoms with van der Waals surface area (Å²) in [5, 5.41) is 0. The maximum atomic E-state index is 13.5. The van der Waals surface area contributed by atoms with E-state index >= 15 is 0 Å². The number of hydrogen-bond acceptors (Lipinski definition) is 5. The molecule has 0 unspecified atom stereocenters. The van der Waals surface area contributed by atoms with Crippen molar-refractivity contribution in [1.29, 1.82) is 0 Å². The molecule has 0 saturated carbocycles. The summed E-state index contributed by atoms with van der Waals surface area (Å²) in [5.74, 6) is -0.620. The van der Waals surface area contributed by atoms with Crippen LogP contribution in [0.5, 0.6) is 0 Å². The molecule has 27 heavy (non-hydrogen) atoms. The topological polar surface area (TPSA) is 96.3 Å². The van der Waals surface area contributed by atoms with Crippen molar-refractivity contribution in [3.8, 4) is 11.1 Å². The highest BCUT2D eigenvalue weighted by molar-refractivity contribution is 5.75. The first-order chi connectivity index (χ1) is 12.5. The lowest BCUT2D eigenvalue weighted by atomic mass is 10.00. The lowest BCUT2D eigenvalue weighted by Crippen LogP contribution is -2.41. The molecule has 0 spiro atoms. The summed E-state index contributed by atoms with van der Waals surface area (Å²) in [4.78, 5) is 35.6. The standard InChI is InChI=1S/C17H18F3N3O4/c1-22-13(17(18,19)20)12(14(24)23(2)16(22)26)10-6-4-9(5-7-10)8-11(21)15(25)27-3/h4-7,11H,8,21H2,1-3H3/t11-/m0/s1. The van der Waals surface area contributed by atoms with E-state index in [9.17, 15) is 27.6 Å². The number of alkyl halides is 3. The number of methoxy groups -OCH3 is 1.